The van der Waals surface area contributed by atoms with Gasteiger partial charge in [0.05, 0.1) is 0 Å². The monoisotopic (exact) mass is 339 g/mol. The van der Waals surface area contributed by atoms with Crippen LogP contribution in [0, 0.1) is 0 Å². The summed E-state index contributed by atoms with van der Waals surface area (Å²) in [7, 11) is 0. The number of amides is 3. The van der Waals surface area contributed by atoms with Gasteiger partial charge in [-0.3, -0.25) is 14.4 Å². The van der Waals surface area contributed by atoms with Gasteiger partial charge in [0.2, 0.25) is 17.7 Å². The molecule has 0 atom stereocenters. The Hall–Kier alpha value is -3.15. The Kier molecular flexibility index (Phi) is 6.28. The van der Waals surface area contributed by atoms with Gasteiger partial charge in [-0.25, -0.2) is 0 Å². The van der Waals surface area contributed by atoms with Crippen molar-refractivity contribution in [2.45, 2.75) is 26.7 Å². The molecular weight excluding hydrogens is 318 g/mol. The zero-order valence-corrected chi connectivity index (χ0v) is 14.3. The Labute approximate surface area is 146 Å². The molecule has 0 aliphatic rings. The van der Waals surface area contributed by atoms with E-state index in [4.69, 9.17) is 0 Å². The van der Waals surface area contributed by atoms with Crippen LogP contribution in [0.2, 0.25) is 0 Å². The van der Waals surface area contributed by atoms with Crippen molar-refractivity contribution in [3.8, 4) is 0 Å². The minimum Gasteiger partial charge on any atom is -0.326 e. The molecule has 6 nitrogen and oxygen atoms in total. The molecule has 0 saturated heterocycles. The first-order chi connectivity index (χ1) is 12.0. The molecule has 0 saturated carbocycles. The summed E-state index contributed by atoms with van der Waals surface area (Å²) in [4.78, 5) is 35.0. The van der Waals surface area contributed by atoms with Crippen LogP contribution in [0.3, 0.4) is 0 Å². The van der Waals surface area contributed by atoms with E-state index >= 15 is 0 Å². The van der Waals surface area contributed by atoms with Gasteiger partial charge in [0.25, 0.3) is 0 Å². The van der Waals surface area contributed by atoms with E-state index in [1.807, 2.05) is 24.3 Å². The summed E-state index contributed by atoms with van der Waals surface area (Å²) in [6.07, 6.45) is 0.633. The van der Waals surface area contributed by atoms with Gasteiger partial charge in [0, 0.05) is 24.0 Å². The first-order valence-electron chi connectivity index (χ1n) is 8.02. The second-order valence-electron chi connectivity index (χ2n) is 5.59. The summed E-state index contributed by atoms with van der Waals surface area (Å²) in [5.74, 6) is -1.01. The molecule has 0 bridgehead atoms. The summed E-state index contributed by atoms with van der Waals surface area (Å²) in [6, 6.07) is 14.2. The van der Waals surface area contributed by atoms with Gasteiger partial charge in [-0.05, 0) is 42.3 Å². The predicted molar refractivity (Wildman–Crippen MR) is 98.4 cm³/mol. The molecule has 0 aromatic heterocycles. The number of anilines is 3. The minimum atomic E-state index is -0.428. The maximum absolute atomic E-state index is 12.0. The van der Waals surface area contributed by atoms with Gasteiger partial charge in [-0.2, -0.15) is 0 Å². The fourth-order valence-electron chi connectivity index (χ4n) is 2.26. The normalized spacial score (nSPS) is 10.0. The van der Waals surface area contributed by atoms with Crippen molar-refractivity contribution in [2.75, 3.05) is 16.0 Å². The van der Waals surface area contributed by atoms with E-state index in [2.05, 4.69) is 22.9 Å². The zero-order valence-electron chi connectivity index (χ0n) is 14.3. The lowest BCUT2D eigenvalue weighted by molar-refractivity contribution is -0.123. The van der Waals surface area contributed by atoms with Crippen LogP contribution in [-0.2, 0) is 20.8 Å². The van der Waals surface area contributed by atoms with Crippen LogP contribution >= 0.6 is 0 Å². The number of carbonyl (C=O) groups is 3. The molecule has 0 aliphatic carbocycles. The molecule has 130 valence electrons. The molecule has 3 N–H and O–H groups in total. The molecule has 0 aliphatic heterocycles. The van der Waals surface area contributed by atoms with Crippen LogP contribution < -0.4 is 16.0 Å². The number of nitrogens with one attached hydrogen (secondary N) is 3. The molecule has 0 unspecified atom stereocenters. The van der Waals surface area contributed by atoms with Crippen LogP contribution in [0.25, 0.3) is 0 Å². The largest absolute Gasteiger partial charge is 0.326 e. The molecule has 0 fully saturated rings. The molecule has 25 heavy (non-hydrogen) atoms. The van der Waals surface area contributed by atoms with Crippen LogP contribution in [0.4, 0.5) is 17.1 Å². The van der Waals surface area contributed by atoms with Crippen molar-refractivity contribution in [1.82, 2.24) is 0 Å². The first-order valence-corrected chi connectivity index (χ1v) is 8.02. The number of hydrogen-bond acceptors (Lipinski definition) is 3. The quantitative estimate of drug-likeness (QED) is 0.706. The third kappa shape index (κ3) is 6.10. The zero-order chi connectivity index (χ0) is 18.2. The summed E-state index contributed by atoms with van der Waals surface area (Å²) in [5, 5.41) is 7.96. The van der Waals surface area contributed by atoms with Crippen molar-refractivity contribution >= 4 is 34.8 Å². The van der Waals surface area contributed by atoms with E-state index in [1.165, 1.54) is 12.5 Å². The molecule has 0 heterocycles. The third-order valence-corrected chi connectivity index (χ3v) is 3.43. The highest BCUT2D eigenvalue weighted by Gasteiger charge is 2.10. The number of hydrogen-bond donors (Lipinski definition) is 3. The maximum Gasteiger partial charge on any atom is 0.233 e. The van der Waals surface area contributed by atoms with Gasteiger partial charge >= 0.3 is 0 Å². The lowest BCUT2D eigenvalue weighted by Crippen LogP contribution is -2.21. The van der Waals surface area contributed by atoms with E-state index < -0.39 is 5.91 Å². The van der Waals surface area contributed by atoms with Crippen LogP contribution in [0.1, 0.15) is 25.8 Å². The van der Waals surface area contributed by atoms with Gasteiger partial charge < -0.3 is 16.0 Å². The fourth-order valence-corrected chi connectivity index (χ4v) is 2.26. The highest BCUT2D eigenvalue weighted by Crippen LogP contribution is 2.15. The Balaban J connectivity index is 1.88. The van der Waals surface area contributed by atoms with Crippen LogP contribution in [-0.4, -0.2) is 17.7 Å². The average molecular weight is 339 g/mol. The third-order valence-electron chi connectivity index (χ3n) is 3.43. The Morgan fingerprint density at radius 2 is 1.36 bits per heavy atom. The van der Waals surface area contributed by atoms with Crippen molar-refractivity contribution < 1.29 is 14.4 Å². The number of aryl methyl sites for hydroxylation is 1. The fraction of sp³-hybridized carbons (Fsp3) is 0.211. The molecule has 3 amide bonds. The standard InChI is InChI=1S/C19H21N3O3/c1-3-14-7-9-15(10-8-14)21-18(24)12-19(25)22-17-6-4-5-16(11-17)20-13(2)23/h4-11H,3,12H2,1-2H3,(H,20,23)(H,21,24)(H,22,25). The molecular formula is C19H21N3O3. The SMILES string of the molecule is CCc1ccc(NC(=O)CC(=O)Nc2cccc(NC(C)=O)c2)cc1. The Morgan fingerprint density at radius 3 is 1.92 bits per heavy atom. The smallest absolute Gasteiger partial charge is 0.233 e. The molecule has 0 radical (unpaired) electrons. The lowest BCUT2D eigenvalue weighted by Gasteiger charge is -2.09. The van der Waals surface area contributed by atoms with E-state index in [0.717, 1.165) is 6.42 Å². The minimum absolute atomic E-state index is 0.197. The number of rotatable bonds is 6. The van der Waals surface area contributed by atoms with E-state index in [-0.39, 0.29) is 18.2 Å². The van der Waals surface area contributed by atoms with Crippen LogP contribution in [0.5, 0.6) is 0 Å². The second-order valence-corrected chi connectivity index (χ2v) is 5.59. The van der Waals surface area contributed by atoms with Crippen molar-refractivity contribution in [3.05, 3.63) is 54.1 Å². The molecule has 2 aromatic rings. The van der Waals surface area contributed by atoms with Gasteiger partial charge in [0.15, 0.2) is 0 Å². The number of carbonyl (C=O) groups excluding carboxylic acids is 3. The van der Waals surface area contributed by atoms with E-state index in [1.54, 1.807) is 24.3 Å². The van der Waals surface area contributed by atoms with Crippen LogP contribution in [0.15, 0.2) is 48.5 Å². The Bertz CT molecular complexity index is 770. The molecule has 2 aromatic carbocycles. The van der Waals surface area contributed by atoms with Gasteiger partial charge in [0.1, 0.15) is 6.42 Å². The summed E-state index contributed by atoms with van der Waals surface area (Å²) < 4.78 is 0. The topological polar surface area (TPSA) is 87.3 Å². The van der Waals surface area contributed by atoms with E-state index in [9.17, 15) is 14.4 Å². The van der Waals surface area contributed by atoms with Gasteiger partial charge in [-0.15, -0.1) is 0 Å². The highest BCUT2D eigenvalue weighted by atomic mass is 16.2. The Morgan fingerprint density at radius 1 is 0.800 bits per heavy atom. The van der Waals surface area contributed by atoms with Gasteiger partial charge in [-0.1, -0.05) is 25.1 Å². The van der Waals surface area contributed by atoms with Crippen molar-refractivity contribution in [2.24, 2.45) is 0 Å². The summed E-state index contributed by atoms with van der Waals surface area (Å²) >= 11 is 0. The molecule has 2 rings (SSSR count). The van der Waals surface area contributed by atoms with Crippen molar-refractivity contribution in [3.63, 3.8) is 0 Å². The number of benzene rings is 2. The maximum atomic E-state index is 12.0. The van der Waals surface area contributed by atoms with E-state index in [0.29, 0.717) is 17.1 Å². The second kappa shape index (κ2) is 8.63. The summed E-state index contributed by atoms with van der Waals surface area (Å²) in [5.41, 5.74) is 2.92. The molecule has 0 spiro atoms. The molecule has 6 heteroatoms. The first kappa shape index (κ1) is 18.2. The summed E-state index contributed by atoms with van der Waals surface area (Å²) in [6.45, 7) is 3.46. The van der Waals surface area contributed by atoms with Crippen molar-refractivity contribution in [1.29, 1.82) is 0 Å². The average Bonchev–Trinajstić information content (AvgIpc) is 2.55. The highest BCUT2D eigenvalue weighted by molar-refractivity contribution is 6.08. The predicted octanol–water partition coefficient (Wildman–Crippen LogP) is 3.17. The lowest BCUT2D eigenvalue weighted by atomic mass is 10.1.